The maximum atomic E-state index is 9.49. The van der Waals surface area contributed by atoms with Crippen LogP contribution in [-0.4, -0.2) is 48.0 Å². The summed E-state index contributed by atoms with van der Waals surface area (Å²) < 4.78 is 5.21. The lowest BCUT2D eigenvalue weighted by Gasteiger charge is -2.20. The van der Waals surface area contributed by atoms with Crippen LogP contribution in [0.1, 0.15) is 27.7 Å². The molecule has 0 fully saturated rings. The van der Waals surface area contributed by atoms with Gasteiger partial charge in [0.25, 0.3) is 0 Å². The molecule has 0 aliphatic heterocycles. The minimum atomic E-state index is -0.559. The first-order valence-electron chi connectivity index (χ1n) is 5.43. The summed E-state index contributed by atoms with van der Waals surface area (Å²) in [5.41, 5.74) is -0.559. The predicted octanol–water partition coefficient (Wildman–Crippen LogP) is 1.50. The number of rotatable bonds is 8. The molecule has 0 heterocycles. The highest BCUT2D eigenvalue weighted by atomic mass is 32.2. The Morgan fingerprint density at radius 3 is 2.47 bits per heavy atom. The minimum Gasteiger partial charge on any atom is -0.390 e. The highest BCUT2D eigenvalue weighted by Crippen LogP contribution is 2.11. The highest BCUT2D eigenvalue weighted by molar-refractivity contribution is 7.99. The molecular formula is C11H25NO2S. The topological polar surface area (TPSA) is 41.5 Å². The molecule has 15 heavy (non-hydrogen) atoms. The third-order valence-corrected chi connectivity index (χ3v) is 3.65. The third kappa shape index (κ3) is 9.18. The normalized spacial score (nSPS) is 16.4. The van der Waals surface area contributed by atoms with E-state index in [9.17, 15) is 5.11 Å². The average molecular weight is 235 g/mol. The molecule has 0 aliphatic carbocycles. The quantitative estimate of drug-likeness (QED) is 0.626. The molecule has 2 N–H and O–H groups in total. The Labute approximate surface area is 98.0 Å². The van der Waals surface area contributed by atoms with E-state index in [1.165, 1.54) is 0 Å². The maximum absolute atomic E-state index is 9.49. The van der Waals surface area contributed by atoms with E-state index in [0.717, 1.165) is 18.1 Å². The van der Waals surface area contributed by atoms with Crippen molar-refractivity contribution in [1.29, 1.82) is 0 Å². The molecule has 0 amide bonds. The van der Waals surface area contributed by atoms with Gasteiger partial charge >= 0.3 is 0 Å². The number of hydrogen-bond acceptors (Lipinski definition) is 4. The van der Waals surface area contributed by atoms with Crippen LogP contribution in [0.15, 0.2) is 0 Å². The lowest BCUT2D eigenvalue weighted by molar-refractivity contribution is 0.0895. The van der Waals surface area contributed by atoms with Crippen LogP contribution >= 0.6 is 11.8 Å². The summed E-state index contributed by atoms with van der Waals surface area (Å²) in [5.74, 6) is 1.80. The minimum absolute atomic E-state index is 0.240. The predicted molar refractivity (Wildman–Crippen MR) is 67.6 cm³/mol. The molecule has 0 saturated heterocycles. The standard InChI is InChI=1S/C11H25NO2S/c1-9(10(2)14-5)12-6-7-15-8-11(3,4)13/h9-10,12-13H,6-8H2,1-5H3. The van der Waals surface area contributed by atoms with E-state index in [-0.39, 0.29) is 6.10 Å². The van der Waals surface area contributed by atoms with Crippen LogP contribution in [0.25, 0.3) is 0 Å². The summed E-state index contributed by atoms with van der Waals surface area (Å²) >= 11 is 1.77. The number of hydrogen-bond donors (Lipinski definition) is 2. The van der Waals surface area contributed by atoms with Gasteiger partial charge in [-0.15, -0.1) is 0 Å². The fraction of sp³-hybridized carbons (Fsp3) is 1.00. The average Bonchev–Trinajstić information content (AvgIpc) is 2.14. The van der Waals surface area contributed by atoms with Crippen LogP contribution in [0.4, 0.5) is 0 Å². The van der Waals surface area contributed by atoms with Gasteiger partial charge in [-0.05, 0) is 27.7 Å². The van der Waals surface area contributed by atoms with Crippen molar-refractivity contribution in [3.05, 3.63) is 0 Å². The van der Waals surface area contributed by atoms with Gasteiger partial charge in [-0.1, -0.05) is 0 Å². The molecule has 92 valence electrons. The molecule has 0 saturated carbocycles. The molecule has 2 atom stereocenters. The summed E-state index contributed by atoms with van der Waals surface area (Å²) in [6, 6.07) is 0.373. The molecule has 0 spiro atoms. The molecule has 0 radical (unpaired) electrons. The fourth-order valence-corrected chi connectivity index (χ4v) is 1.96. The van der Waals surface area contributed by atoms with E-state index in [1.807, 2.05) is 13.8 Å². The SMILES string of the molecule is COC(C)C(C)NCCSCC(C)(C)O. The van der Waals surface area contributed by atoms with Gasteiger partial charge in [0.1, 0.15) is 0 Å². The number of thioether (sulfide) groups is 1. The van der Waals surface area contributed by atoms with Crippen molar-refractivity contribution in [1.82, 2.24) is 5.32 Å². The van der Waals surface area contributed by atoms with Crippen LogP contribution in [0, 0.1) is 0 Å². The molecule has 0 rings (SSSR count). The van der Waals surface area contributed by atoms with Crippen LogP contribution in [0.3, 0.4) is 0 Å². The van der Waals surface area contributed by atoms with E-state index in [2.05, 4.69) is 19.2 Å². The van der Waals surface area contributed by atoms with E-state index >= 15 is 0 Å². The Morgan fingerprint density at radius 2 is 2.00 bits per heavy atom. The van der Waals surface area contributed by atoms with Gasteiger partial charge in [-0.25, -0.2) is 0 Å². The molecule has 0 bridgehead atoms. The molecule has 0 aromatic rings. The van der Waals surface area contributed by atoms with Crippen molar-refractivity contribution in [2.45, 2.75) is 45.4 Å². The molecule has 3 nitrogen and oxygen atoms in total. The van der Waals surface area contributed by atoms with E-state index in [1.54, 1.807) is 18.9 Å². The smallest absolute Gasteiger partial charge is 0.0693 e. The van der Waals surface area contributed by atoms with E-state index in [0.29, 0.717) is 6.04 Å². The Balaban J connectivity index is 3.39. The Kier molecular flexibility index (Phi) is 7.61. The molecule has 0 aliphatic rings. The first-order chi connectivity index (χ1) is 6.87. The lowest BCUT2D eigenvalue weighted by Crippen LogP contribution is -2.38. The summed E-state index contributed by atoms with van der Waals surface area (Å²) in [6.45, 7) is 8.80. The Morgan fingerprint density at radius 1 is 1.40 bits per heavy atom. The molecule has 0 aromatic carbocycles. The summed E-state index contributed by atoms with van der Waals surface area (Å²) in [6.07, 6.45) is 0.240. The van der Waals surface area contributed by atoms with Crippen molar-refractivity contribution >= 4 is 11.8 Å². The van der Waals surface area contributed by atoms with Gasteiger partial charge < -0.3 is 15.2 Å². The molecule has 0 aromatic heterocycles. The molecule has 2 unspecified atom stereocenters. The fourth-order valence-electron chi connectivity index (χ4n) is 1.05. The molecule has 4 heteroatoms. The second-order valence-corrected chi connectivity index (χ2v) is 5.65. The Hall–Kier alpha value is 0.230. The van der Waals surface area contributed by atoms with Crippen molar-refractivity contribution in [2.24, 2.45) is 0 Å². The van der Waals surface area contributed by atoms with Gasteiger partial charge in [0.2, 0.25) is 0 Å². The number of aliphatic hydroxyl groups is 1. The summed E-state index contributed by atoms with van der Waals surface area (Å²) in [5, 5.41) is 12.9. The van der Waals surface area contributed by atoms with Gasteiger partial charge in [0, 0.05) is 31.2 Å². The molecular weight excluding hydrogens is 210 g/mol. The number of nitrogens with one attached hydrogen (secondary N) is 1. The zero-order valence-electron chi connectivity index (χ0n) is 10.5. The van der Waals surface area contributed by atoms with Gasteiger partial charge in [-0.2, -0.15) is 11.8 Å². The lowest BCUT2D eigenvalue weighted by atomic mass is 10.2. The van der Waals surface area contributed by atoms with Crippen LogP contribution < -0.4 is 5.32 Å². The van der Waals surface area contributed by atoms with Crippen molar-refractivity contribution in [3.8, 4) is 0 Å². The van der Waals surface area contributed by atoms with Crippen LogP contribution in [0.2, 0.25) is 0 Å². The number of ether oxygens (including phenoxy) is 1. The monoisotopic (exact) mass is 235 g/mol. The van der Waals surface area contributed by atoms with Crippen LogP contribution in [-0.2, 0) is 4.74 Å². The van der Waals surface area contributed by atoms with Crippen molar-refractivity contribution < 1.29 is 9.84 Å². The largest absolute Gasteiger partial charge is 0.390 e. The summed E-state index contributed by atoms with van der Waals surface area (Å²) in [4.78, 5) is 0. The van der Waals surface area contributed by atoms with Crippen molar-refractivity contribution in [3.63, 3.8) is 0 Å². The second-order valence-electron chi connectivity index (χ2n) is 4.55. The van der Waals surface area contributed by atoms with Gasteiger partial charge in [-0.3, -0.25) is 0 Å². The van der Waals surface area contributed by atoms with E-state index in [4.69, 9.17) is 4.74 Å². The third-order valence-electron chi connectivity index (χ3n) is 2.24. The zero-order chi connectivity index (χ0) is 11.9. The first-order valence-corrected chi connectivity index (χ1v) is 6.58. The first kappa shape index (κ1) is 15.2. The second kappa shape index (κ2) is 7.49. The van der Waals surface area contributed by atoms with E-state index < -0.39 is 5.60 Å². The summed E-state index contributed by atoms with van der Waals surface area (Å²) in [7, 11) is 1.73. The van der Waals surface area contributed by atoms with Crippen molar-refractivity contribution in [2.75, 3.05) is 25.2 Å². The zero-order valence-corrected chi connectivity index (χ0v) is 11.4. The van der Waals surface area contributed by atoms with Gasteiger partial charge in [0.05, 0.1) is 11.7 Å². The highest BCUT2D eigenvalue weighted by Gasteiger charge is 2.12. The van der Waals surface area contributed by atoms with Gasteiger partial charge in [0.15, 0.2) is 0 Å². The Bertz CT molecular complexity index is 159. The van der Waals surface area contributed by atoms with Crippen LogP contribution in [0.5, 0.6) is 0 Å². The maximum Gasteiger partial charge on any atom is 0.0693 e. The number of methoxy groups -OCH3 is 1.